The van der Waals surface area contributed by atoms with E-state index in [0.29, 0.717) is 12.0 Å². The van der Waals surface area contributed by atoms with E-state index in [-0.39, 0.29) is 47.2 Å². The van der Waals surface area contributed by atoms with Crippen LogP contribution in [0.4, 0.5) is 13.2 Å². The number of alkyl halides is 3. The van der Waals surface area contributed by atoms with Gasteiger partial charge in [0, 0.05) is 71.8 Å². The van der Waals surface area contributed by atoms with Crippen molar-refractivity contribution in [3.8, 4) is 11.5 Å². The van der Waals surface area contributed by atoms with Crippen molar-refractivity contribution >= 4 is 57.5 Å². The lowest BCUT2D eigenvalue weighted by Crippen LogP contribution is -2.69. The molecule has 0 aliphatic carbocycles. The van der Waals surface area contributed by atoms with Crippen molar-refractivity contribution in [2.75, 3.05) is 0 Å². The summed E-state index contributed by atoms with van der Waals surface area (Å²) in [6.07, 6.45) is -1.11. The molecule has 2 amide bonds. The molecule has 14 N–H and O–H groups in total. The quantitative estimate of drug-likeness (QED) is 0.0715. The Morgan fingerprint density at radius 3 is 1.49 bits per heavy atom. The number of carbonyl (C=O) groups is 6. The van der Waals surface area contributed by atoms with Gasteiger partial charge in [-0.05, 0) is 85.0 Å². The van der Waals surface area contributed by atoms with Crippen LogP contribution in [0.15, 0.2) is 97.3 Å². The highest BCUT2D eigenvalue weighted by atomic mass is 19.4. The first kappa shape index (κ1) is 53.4. The van der Waals surface area contributed by atoms with Crippen LogP contribution in [0.1, 0.15) is 47.2 Å². The smallest absolute Gasteiger partial charge is 0.417 e. The highest BCUT2D eigenvalue weighted by Crippen LogP contribution is 2.36. The number of para-hydroxylation sites is 1. The monoisotopic (exact) mass is 936 g/mol. The normalized spacial score (nSPS) is 12.6. The van der Waals surface area contributed by atoms with Gasteiger partial charge in [0.2, 0.25) is 0 Å². The summed E-state index contributed by atoms with van der Waals surface area (Å²) in [5, 5.41) is 61.3. The molecule has 0 aliphatic rings. The van der Waals surface area contributed by atoms with Gasteiger partial charge < -0.3 is 72.3 Å². The first-order valence-corrected chi connectivity index (χ1v) is 20.2. The third-order valence-corrected chi connectivity index (χ3v) is 9.76. The molecule has 6 aromatic rings. The van der Waals surface area contributed by atoms with Gasteiger partial charge in [-0.3, -0.25) is 9.59 Å². The number of benzene rings is 4. The first-order chi connectivity index (χ1) is 31.4. The fourth-order valence-corrected chi connectivity index (χ4v) is 6.62. The third-order valence-electron chi connectivity index (χ3n) is 9.76. The maximum Gasteiger partial charge on any atom is 0.417 e. The number of quaternary nitrogens is 2. The van der Waals surface area contributed by atoms with Crippen molar-refractivity contribution in [2.45, 2.75) is 76.8 Å². The Bertz CT molecular complexity index is 2630. The molecule has 21 heteroatoms. The zero-order chi connectivity index (χ0) is 50.2. The molecule has 358 valence electrons. The number of H-pyrrole nitrogens is 2. The summed E-state index contributed by atoms with van der Waals surface area (Å²) in [6.45, 7) is 3.93. The Labute approximate surface area is 380 Å². The standard InChI is InChI=1S/C21H20F3N3O4.C21H23N3O4.2C2H4O2/c22-21(23,24)14-2-1-3-16-18(14)12(10-26-16)9-17(20(30)31)27-19(29)15(25)8-11-4-6-13(28)7-5-11;1-12-3-2-4-16-14(11-23-19(12)16)10-18(21(27)28)24-20(26)17(22)9-13-5-7-15(25)8-6-13;2*1-2(3)4/h1-7,10,15,17,26,28H,8-9,25H2,(H,27,29)(H,30,31);2-8,11,17-18,23,25H,9-10,22H2,1H3,(H,24,26)(H,27,28);2*1H3,(H,3,4)/t15-,17+;17-,18+;;/m11../s1. The van der Waals surface area contributed by atoms with E-state index in [1.807, 2.05) is 25.1 Å². The van der Waals surface area contributed by atoms with Crippen LogP contribution in [0.2, 0.25) is 0 Å². The average Bonchev–Trinajstić information content (AvgIpc) is 3.85. The molecule has 0 saturated carbocycles. The predicted molar refractivity (Wildman–Crippen MR) is 231 cm³/mol. The number of carboxylic acids is 4. The topological polar surface area (TPSA) is 340 Å². The molecule has 4 aromatic carbocycles. The fraction of sp³-hybridized carbons (Fsp3) is 0.261. The lowest BCUT2D eigenvalue weighted by Gasteiger charge is -2.17. The number of nitrogens with one attached hydrogen (secondary N) is 4. The number of phenols is 2. The number of aryl methyl sites for hydroxylation is 1. The van der Waals surface area contributed by atoms with Crippen molar-refractivity contribution in [3.05, 3.63) is 131 Å². The second kappa shape index (κ2) is 24.4. The van der Waals surface area contributed by atoms with E-state index in [1.165, 1.54) is 30.5 Å². The summed E-state index contributed by atoms with van der Waals surface area (Å²) in [4.78, 5) is 72.0. The maximum absolute atomic E-state index is 13.4. The minimum Gasteiger partial charge on any atom is -0.550 e. The van der Waals surface area contributed by atoms with E-state index in [4.69, 9.17) is 19.8 Å². The number of hydrogen-bond acceptors (Lipinski definition) is 10. The van der Waals surface area contributed by atoms with Crippen LogP contribution >= 0.6 is 0 Å². The third kappa shape index (κ3) is 16.9. The Balaban J connectivity index is 0.000000307. The summed E-state index contributed by atoms with van der Waals surface area (Å²) >= 11 is 0. The Morgan fingerprint density at radius 2 is 1.06 bits per heavy atom. The molecule has 4 atom stereocenters. The van der Waals surface area contributed by atoms with Crippen molar-refractivity contribution in [2.24, 2.45) is 0 Å². The van der Waals surface area contributed by atoms with Crippen molar-refractivity contribution < 1.29 is 84.0 Å². The zero-order valence-electron chi connectivity index (χ0n) is 36.5. The second-order valence-corrected chi connectivity index (χ2v) is 15.2. The van der Waals surface area contributed by atoms with Gasteiger partial charge in [0.15, 0.2) is 12.1 Å². The van der Waals surface area contributed by atoms with E-state index in [0.717, 1.165) is 47.5 Å². The number of aromatic nitrogens is 2. The highest BCUT2D eigenvalue weighted by molar-refractivity contribution is 5.91. The number of halogens is 3. The summed E-state index contributed by atoms with van der Waals surface area (Å²) in [6, 6.07) is 18.2. The zero-order valence-corrected chi connectivity index (χ0v) is 36.5. The van der Waals surface area contributed by atoms with Crippen LogP contribution in [0.5, 0.6) is 11.5 Å². The van der Waals surface area contributed by atoms with E-state index < -0.39 is 71.6 Å². The number of rotatable bonds is 14. The van der Waals surface area contributed by atoms with Crippen molar-refractivity contribution in [1.82, 2.24) is 20.6 Å². The van der Waals surface area contributed by atoms with Crippen LogP contribution < -0.4 is 32.3 Å². The SMILES string of the molecule is CC(=O)[O-].CC(=O)[O-].Cc1cccc2c(C[C@H](NC(=O)[C@H]([NH3+])Cc3ccc(O)cc3)C(=O)O)c[nH]c12.[NH3+][C@H](Cc1ccc(O)cc1)C(=O)N[C@@H](Cc1c[nH]c2cccc(C(F)(F)F)c12)C(=O)O. The van der Waals surface area contributed by atoms with Crippen molar-refractivity contribution in [1.29, 1.82) is 0 Å². The number of aromatic amines is 2. The minimum absolute atomic E-state index is 0.0664. The summed E-state index contributed by atoms with van der Waals surface area (Å²) in [7, 11) is 0. The molecular weight excluding hydrogens is 886 g/mol. The maximum atomic E-state index is 13.4. The number of amides is 2. The van der Waals surface area contributed by atoms with Crippen LogP contribution in [0, 0.1) is 6.92 Å². The molecule has 18 nitrogen and oxygen atoms in total. The fourth-order valence-electron chi connectivity index (χ4n) is 6.62. The van der Waals surface area contributed by atoms with Gasteiger partial charge in [-0.2, -0.15) is 13.2 Å². The minimum atomic E-state index is -4.61. The number of carbonyl (C=O) groups excluding carboxylic acids is 4. The number of aliphatic carboxylic acids is 4. The van der Waals surface area contributed by atoms with Gasteiger partial charge in [-0.25, -0.2) is 9.59 Å². The number of aromatic hydroxyl groups is 2. The first-order valence-electron chi connectivity index (χ1n) is 20.2. The molecule has 0 bridgehead atoms. The van der Waals surface area contributed by atoms with Gasteiger partial charge >= 0.3 is 18.1 Å². The molecule has 67 heavy (non-hydrogen) atoms. The lowest BCUT2D eigenvalue weighted by atomic mass is 10.00. The molecule has 2 heterocycles. The van der Waals surface area contributed by atoms with Crippen LogP contribution in [0.3, 0.4) is 0 Å². The number of hydrogen-bond donors (Lipinski definition) is 10. The van der Waals surface area contributed by atoms with Crippen LogP contribution in [-0.4, -0.2) is 90.3 Å². The van der Waals surface area contributed by atoms with E-state index in [1.54, 1.807) is 42.6 Å². The molecule has 0 fully saturated rings. The number of phenolic OH excluding ortho intramolecular Hbond substituents is 2. The molecule has 2 aromatic heterocycles. The van der Waals surface area contributed by atoms with Crippen LogP contribution in [0.25, 0.3) is 21.8 Å². The van der Waals surface area contributed by atoms with E-state index in [2.05, 4.69) is 32.1 Å². The molecular formula is C46H51F3N6O12. The van der Waals surface area contributed by atoms with Gasteiger partial charge in [0.05, 0.1) is 5.56 Å². The molecule has 6 rings (SSSR count). The Morgan fingerprint density at radius 1 is 0.642 bits per heavy atom. The average molecular weight is 937 g/mol. The number of carboxylic acid groups (broad SMARTS) is 4. The van der Waals surface area contributed by atoms with Gasteiger partial charge in [0.1, 0.15) is 23.6 Å². The molecule has 0 radical (unpaired) electrons. The Hall–Kier alpha value is -7.91. The second-order valence-electron chi connectivity index (χ2n) is 15.2. The Kier molecular flexibility index (Phi) is 19.5. The molecule has 0 aliphatic heterocycles. The van der Waals surface area contributed by atoms with Crippen molar-refractivity contribution in [3.63, 3.8) is 0 Å². The van der Waals surface area contributed by atoms with Gasteiger partial charge in [-0.15, -0.1) is 0 Å². The highest BCUT2D eigenvalue weighted by Gasteiger charge is 2.35. The van der Waals surface area contributed by atoms with Crippen LogP contribution in [-0.2, 0) is 60.6 Å². The predicted octanol–water partition coefficient (Wildman–Crippen LogP) is 0.517. The summed E-state index contributed by atoms with van der Waals surface area (Å²) < 4.78 is 40.2. The van der Waals surface area contributed by atoms with Gasteiger partial charge in [0.25, 0.3) is 11.8 Å². The molecule has 0 saturated heterocycles. The van der Waals surface area contributed by atoms with E-state index in [9.17, 15) is 52.8 Å². The summed E-state index contributed by atoms with van der Waals surface area (Å²) in [5.41, 5.74) is 11.5. The molecule has 0 unspecified atom stereocenters. The number of fused-ring (bicyclic) bond motifs is 2. The van der Waals surface area contributed by atoms with Gasteiger partial charge in [-0.1, -0.05) is 48.5 Å². The molecule has 0 spiro atoms. The lowest BCUT2D eigenvalue weighted by molar-refractivity contribution is -0.403. The largest absolute Gasteiger partial charge is 0.550 e. The summed E-state index contributed by atoms with van der Waals surface area (Å²) in [5.74, 6) is -5.48. The van der Waals surface area contributed by atoms with E-state index >= 15 is 0 Å².